The summed E-state index contributed by atoms with van der Waals surface area (Å²) in [6.07, 6.45) is 1.78. The molecule has 13 heteroatoms. The van der Waals surface area contributed by atoms with Crippen molar-refractivity contribution in [2.24, 2.45) is 11.8 Å². The molecule has 2 aliphatic carbocycles. The van der Waals surface area contributed by atoms with Crippen LogP contribution >= 0.6 is 0 Å². The highest BCUT2D eigenvalue weighted by Gasteiger charge is 2.46. The molecule has 2 amide bonds. The monoisotopic (exact) mass is 585 g/mol. The van der Waals surface area contributed by atoms with Crippen LogP contribution in [0.25, 0.3) is 5.65 Å². The number of hydrogen-bond donors (Lipinski definition) is 2. The Morgan fingerprint density at radius 3 is 2.41 bits per heavy atom. The van der Waals surface area contributed by atoms with E-state index < -0.39 is 35.6 Å². The zero-order chi connectivity index (χ0) is 30.0. The third kappa shape index (κ3) is 8.52. The maximum atomic E-state index is 13.9. The number of ether oxygens (including phenoxy) is 2. The van der Waals surface area contributed by atoms with Crippen LogP contribution in [0.3, 0.4) is 0 Å². The Balaban J connectivity index is 1.54. The minimum absolute atomic E-state index is 0.000137. The van der Waals surface area contributed by atoms with E-state index in [0.717, 1.165) is 0 Å². The van der Waals surface area contributed by atoms with E-state index in [-0.39, 0.29) is 69.3 Å². The van der Waals surface area contributed by atoms with E-state index >= 15 is 0 Å². The molecule has 2 aromatic rings. The van der Waals surface area contributed by atoms with Gasteiger partial charge >= 0.3 is 6.09 Å². The molecule has 2 atom stereocenters. The molecule has 0 spiro atoms. The highest BCUT2D eigenvalue weighted by atomic mass is 19.3. The fraction of sp³-hybridized carbons (Fsp3) is 0.714. The molecule has 228 valence electrons. The number of carbonyl (C=O) groups excluding carboxylic acids is 2. The lowest BCUT2D eigenvalue weighted by Gasteiger charge is -2.34. The number of hydrogen-bond acceptors (Lipinski definition) is 6. The second kappa shape index (κ2) is 12.1. The van der Waals surface area contributed by atoms with E-state index in [0.29, 0.717) is 23.5 Å². The Bertz CT molecular complexity index is 1210. The van der Waals surface area contributed by atoms with E-state index in [1.54, 1.807) is 39.2 Å². The predicted molar refractivity (Wildman–Crippen MR) is 142 cm³/mol. The van der Waals surface area contributed by atoms with Crippen LogP contribution in [-0.4, -0.2) is 57.3 Å². The number of alkyl halides is 4. The average Bonchev–Trinajstić information content (AvgIpc) is 3.26. The molecule has 2 N–H and O–H groups in total. The minimum Gasteiger partial charge on any atom is -0.444 e. The smallest absolute Gasteiger partial charge is 0.408 e. The molecule has 2 aliphatic rings. The van der Waals surface area contributed by atoms with Crippen LogP contribution in [0.1, 0.15) is 96.0 Å². The summed E-state index contributed by atoms with van der Waals surface area (Å²) < 4.78 is 66.7. The molecular formula is C28H39F4N5O4. The van der Waals surface area contributed by atoms with Crippen molar-refractivity contribution < 1.29 is 36.6 Å². The number of aromatic nitrogens is 3. The average molecular weight is 586 g/mol. The minimum atomic E-state index is -2.73. The van der Waals surface area contributed by atoms with Crippen molar-refractivity contribution >= 4 is 17.6 Å². The Hall–Kier alpha value is -2.96. The fourth-order valence-electron chi connectivity index (χ4n) is 5.42. The Morgan fingerprint density at radius 1 is 1.12 bits per heavy atom. The number of halogens is 4. The molecule has 2 fully saturated rings. The molecular weight excluding hydrogens is 546 g/mol. The van der Waals surface area contributed by atoms with E-state index in [1.807, 2.05) is 6.92 Å². The van der Waals surface area contributed by atoms with Gasteiger partial charge in [0.2, 0.25) is 17.8 Å². The second-order valence-corrected chi connectivity index (χ2v) is 12.2. The van der Waals surface area contributed by atoms with E-state index in [2.05, 4.69) is 20.7 Å². The number of rotatable bonds is 10. The lowest BCUT2D eigenvalue weighted by Crippen LogP contribution is -2.40. The van der Waals surface area contributed by atoms with Gasteiger partial charge < -0.3 is 20.1 Å². The van der Waals surface area contributed by atoms with E-state index in [9.17, 15) is 27.2 Å². The Kier molecular flexibility index (Phi) is 9.15. The van der Waals surface area contributed by atoms with E-state index in [4.69, 9.17) is 9.47 Å². The summed E-state index contributed by atoms with van der Waals surface area (Å²) in [5, 5.41) is 10.1. The highest BCUT2D eigenvalue weighted by molar-refractivity contribution is 5.77. The first kappa shape index (κ1) is 31.0. The summed E-state index contributed by atoms with van der Waals surface area (Å²) in [5.41, 5.74) is 0.726. The lowest BCUT2D eigenvalue weighted by atomic mass is 9.79. The molecule has 0 unspecified atom stereocenters. The van der Waals surface area contributed by atoms with Gasteiger partial charge in [0, 0.05) is 44.3 Å². The van der Waals surface area contributed by atoms with Crippen LogP contribution in [0.4, 0.5) is 22.4 Å². The third-order valence-electron chi connectivity index (χ3n) is 7.46. The number of carbonyl (C=O) groups is 2. The highest BCUT2D eigenvalue weighted by Crippen LogP contribution is 2.44. The number of alkyl carbamates (subject to hydrolysis) is 1. The Labute approximate surface area is 236 Å². The second-order valence-electron chi connectivity index (χ2n) is 12.2. The Morgan fingerprint density at radius 2 is 1.80 bits per heavy atom. The molecule has 0 aromatic carbocycles. The van der Waals surface area contributed by atoms with Crippen molar-refractivity contribution in [3.05, 3.63) is 29.7 Å². The van der Waals surface area contributed by atoms with Gasteiger partial charge in [0.25, 0.3) is 0 Å². The molecule has 9 nitrogen and oxygen atoms in total. The molecule has 2 aromatic heterocycles. The lowest BCUT2D eigenvalue weighted by molar-refractivity contribution is -0.134. The molecule has 2 saturated carbocycles. The molecule has 41 heavy (non-hydrogen) atoms. The molecule has 0 saturated heterocycles. The van der Waals surface area contributed by atoms with Crippen LogP contribution in [0.2, 0.25) is 0 Å². The van der Waals surface area contributed by atoms with Crippen LogP contribution in [0, 0.1) is 11.8 Å². The molecule has 4 rings (SSSR count). The van der Waals surface area contributed by atoms with Gasteiger partial charge in [-0.1, -0.05) is 0 Å². The summed E-state index contributed by atoms with van der Waals surface area (Å²) in [6.45, 7) is 7.57. The summed E-state index contributed by atoms with van der Waals surface area (Å²) in [7, 11) is 0. The van der Waals surface area contributed by atoms with Crippen LogP contribution in [0.15, 0.2) is 18.5 Å². The first-order valence-electron chi connectivity index (χ1n) is 14.1. The summed E-state index contributed by atoms with van der Waals surface area (Å²) in [4.78, 5) is 30.0. The quantitative estimate of drug-likeness (QED) is 0.344. The van der Waals surface area contributed by atoms with Crippen LogP contribution < -0.4 is 10.6 Å². The van der Waals surface area contributed by atoms with E-state index in [1.165, 1.54) is 4.52 Å². The number of nitrogens with one attached hydrogen (secondary N) is 2. The van der Waals surface area contributed by atoms with Crippen LogP contribution in [-0.2, 0) is 14.3 Å². The van der Waals surface area contributed by atoms with Gasteiger partial charge in [-0.2, -0.15) is 5.10 Å². The van der Waals surface area contributed by atoms with Gasteiger partial charge in [-0.05, 0) is 58.4 Å². The van der Waals surface area contributed by atoms with Gasteiger partial charge in [0.15, 0.2) is 5.65 Å². The first-order valence-corrected chi connectivity index (χ1v) is 14.1. The van der Waals surface area contributed by atoms with Gasteiger partial charge in [-0.15, -0.1) is 0 Å². The zero-order valence-electron chi connectivity index (χ0n) is 23.9. The van der Waals surface area contributed by atoms with Gasteiger partial charge in [0.1, 0.15) is 5.60 Å². The normalized spacial score (nSPS) is 20.7. The third-order valence-corrected chi connectivity index (χ3v) is 7.46. The number of nitrogens with zero attached hydrogens (tertiary/aromatic N) is 3. The maximum Gasteiger partial charge on any atom is 0.408 e. The first-order chi connectivity index (χ1) is 19.1. The van der Waals surface area contributed by atoms with Crippen LogP contribution in [0.5, 0.6) is 0 Å². The SMILES string of the molecule is CCOC[C@H](NC(=O)CC1CC(F)(F)C1)c1cnn2cc([C@@H](NC(=O)OC(C)(C)C)C3CCC(F)(F)CC3)nc2c1. The molecule has 0 radical (unpaired) electrons. The molecule has 0 aliphatic heterocycles. The van der Waals surface area contributed by atoms with Crippen molar-refractivity contribution in [2.75, 3.05) is 13.2 Å². The molecule has 2 heterocycles. The number of amides is 2. The van der Waals surface area contributed by atoms with Crippen molar-refractivity contribution in [1.29, 1.82) is 0 Å². The van der Waals surface area contributed by atoms with Crippen molar-refractivity contribution in [3.8, 4) is 0 Å². The van der Waals surface area contributed by atoms with Crippen molar-refractivity contribution in [1.82, 2.24) is 25.2 Å². The largest absolute Gasteiger partial charge is 0.444 e. The fourth-order valence-corrected chi connectivity index (χ4v) is 5.42. The van der Waals surface area contributed by atoms with Gasteiger partial charge in [-0.25, -0.2) is 31.9 Å². The van der Waals surface area contributed by atoms with Crippen molar-refractivity contribution in [2.45, 2.75) is 102 Å². The molecule has 0 bridgehead atoms. The summed E-state index contributed by atoms with van der Waals surface area (Å²) in [6, 6.07) is 0.458. The summed E-state index contributed by atoms with van der Waals surface area (Å²) in [5.74, 6) is -6.42. The zero-order valence-corrected chi connectivity index (χ0v) is 23.9. The van der Waals surface area contributed by atoms with Gasteiger partial charge in [-0.3, -0.25) is 4.79 Å². The topological polar surface area (TPSA) is 107 Å². The standard InChI is InChI=1S/C28H39F4N5O4/c1-5-40-16-21(35-23(38)10-17-12-28(31,32)13-17)19-11-22-34-20(15-37(22)33-14-19)24(36-25(39)41-26(2,3)4)18-6-8-27(29,30)9-7-18/h11,14-15,17-18,21,24H,5-10,12-13,16H2,1-4H3,(H,35,38)(H,36,39)/t21-,24-/m0/s1. The van der Waals surface area contributed by atoms with Crippen molar-refractivity contribution in [3.63, 3.8) is 0 Å². The maximum absolute atomic E-state index is 13.9. The predicted octanol–water partition coefficient (Wildman–Crippen LogP) is 5.75. The van der Waals surface area contributed by atoms with Gasteiger partial charge in [0.05, 0.1) is 36.8 Å². The number of fused-ring (bicyclic) bond motifs is 1. The number of imidazole rings is 1. The summed E-state index contributed by atoms with van der Waals surface area (Å²) >= 11 is 0.